The van der Waals surface area contributed by atoms with Gasteiger partial charge in [-0.2, -0.15) is 18.3 Å². The minimum absolute atomic E-state index is 0.128. The Morgan fingerprint density at radius 1 is 0.879 bits per heavy atom. The number of hydrogen-bond donors (Lipinski definition) is 1. The van der Waals surface area contributed by atoms with Crippen molar-refractivity contribution in [3.05, 3.63) is 83.7 Å². The molecule has 2 aromatic carbocycles. The number of benzene rings is 2. The second-order valence-electron chi connectivity index (χ2n) is 7.41. The van der Waals surface area contributed by atoms with Gasteiger partial charge in [0.2, 0.25) is 0 Å². The van der Waals surface area contributed by atoms with E-state index in [1.54, 1.807) is 30.3 Å². The topological polar surface area (TPSA) is 78.4 Å². The number of carbonyl (C=O) groups excluding carboxylic acids is 2. The second-order valence-corrected chi connectivity index (χ2v) is 7.41. The summed E-state index contributed by atoms with van der Waals surface area (Å²) in [5, 5.41) is 10.6. The minimum Gasteiger partial charge on any atom is -0.366 e. The number of anilines is 2. The standard InChI is InChI=1S/C23H20F3N5O2/c24-23(25,26)18-9-5-4-8-17(18)22(33)31-14-12-30(13-15-31)19-10-11-27-29-20(19)21(32)28-16-6-2-1-3-7-16/h1-11H,12-15H2,(H,28,32). The average molecular weight is 455 g/mol. The van der Waals surface area contributed by atoms with Gasteiger partial charge in [-0.25, -0.2) is 0 Å². The highest BCUT2D eigenvalue weighted by Crippen LogP contribution is 2.32. The number of nitrogens with one attached hydrogen (secondary N) is 1. The Morgan fingerprint density at radius 3 is 2.24 bits per heavy atom. The van der Waals surface area contributed by atoms with Gasteiger partial charge in [-0.3, -0.25) is 9.59 Å². The van der Waals surface area contributed by atoms with Crippen LogP contribution >= 0.6 is 0 Å². The lowest BCUT2D eigenvalue weighted by molar-refractivity contribution is -0.138. The van der Waals surface area contributed by atoms with Crippen LogP contribution in [0.2, 0.25) is 0 Å². The molecule has 1 saturated heterocycles. The second kappa shape index (κ2) is 9.27. The Bertz CT molecular complexity index is 1150. The molecule has 1 aliphatic heterocycles. The van der Waals surface area contributed by atoms with E-state index in [0.29, 0.717) is 24.5 Å². The molecular formula is C23H20F3N5O2. The number of hydrogen-bond acceptors (Lipinski definition) is 5. The van der Waals surface area contributed by atoms with E-state index in [1.807, 2.05) is 11.0 Å². The molecule has 33 heavy (non-hydrogen) atoms. The Hall–Kier alpha value is -3.95. The van der Waals surface area contributed by atoms with Crippen molar-refractivity contribution in [2.45, 2.75) is 6.18 Å². The Kier molecular flexibility index (Phi) is 6.25. The number of piperazine rings is 1. The lowest BCUT2D eigenvalue weighted by atomic mass is 10.1. The molecule has 0 unspecified atom stereocenters. The van der Waals surface area contributed by atoms with Crippen LogP contribution in [0.4, 0.5) is 24.5 Å². The quantitative estimate of drug-likeness (QED) is 0.649. The normalized spacial score (nSPS) is 14.2. The Balaban J connectivity index is 1.47. The van der Waals surface area contributed by atoms with E-state index in [9.17, 15) is 22.8 Å². The monoisotopic (exact) mass is 455 g/mol. The van der Waals surface area contributed by atoms with E-state index in [4.69, 9.17) is 0 Å². The molecule has 0 aliphatic carbocycles. The van der Waals surface area contributed by atoms with Crippen molar-refractivity contribution in [3.63, 3.8) is 0 Å². The number of carbonyl (C=O) groups is 2. The molecule has 170 valence electrons. The zero-order valence-electron chi connectivity index (χ0n) is 17.4. The van der Waals surface area contributed by atoms with Crippen molar-refractivity contribution in [1.29, 1.82) is 0 Å². The molecule has 1 aromatic heterocycles. The molecule has 3 aromatic rings. The summed E-state index contributed by atoms with van der Waals surface area (Å²) in [5.41, 5.74) is -0.0368. The first-order valence-electron chi connectivity index (χ1n) is 10.2. The van der Waals surface area contributed by atoms with Crippen LogP contribution in [-0.2, 0) is 6.18 Å². The highest BCUT2D eigenvalue weighted by molar-refractivity contribution is 6.06. The van der Waals surface area contributed by atoms with E-state index in [2.05, 4.69) is 15.5 Å². The molecule has 2 heterocycles. The highest BCUT2D eigenvalue weighted by Gasteiger charge is 2.36. The molecule has 10 heteroatoms. The molecule has 2 amide bonds. The molecule has 0 spiro atoms. The van der Waals surface area contributed by atoms with Crippen LogP contribution in [0.15, 0.2) is 66.9 Å². The maximum atomic E-state index is 13.3. The van der Waals surface area contributed by atoms with Crippen LogP contribution in [0.25, 0.3) is 0 Å². The van der Waals surface area contributed by atoms with Crippen molar-refractivity contribution >= 4 is 23.2 Å². The van der Waals surface area contributed by atoms with Crippen LogP contribution in [0, 0.1) is 0 Å². The van der Waals surface area contributed by atoms with Crippen molar-refractivity contribution in [3.8, 4) is 0 Å². The van der Waals surface area contributed by atoms with E-state index >= 15 is 0 Å². The van der Waals surface area contributed by atoms with Gasteiger partial charge in [0.15, 0.2) is 5.69 Å². The summed E-state index contributed by atoms with van der Waals surface area (Å²) in [7, 11) is 0. The average Bonchev–Trinajstić information content (AvgIpc) is 2.84. The zero-order valence-corrected chi connectivity index (χ0v) is 17.4. The SMILES string of the molecule is O=C(Nc1ccccc1)c1nnccc1N1CCN(C(=O)c2ccccc2C(F)(F)F)CC1. The van der Waals surface area contributed by atoms with Gasteiger partial charge >= 0.3 is 6.18 Å². The van der Waals surface area contributed by atoms with Gasteiger partial charge in [0.25, 0.3) is 11.8 Å². The largest absolute Gasteiger partial charge is 0.417 e. The minimum atomic E-state index is -4.61. The van der Waals surface area contributed by atoms with Gasteiger partial charge < -0.3 is 15.1 Å². The van der Waals surface area contributed by atoms with E-state index in [-0.39, 0.29) is 24.3 Å². The van der Waals surface area contributed by atoms with E-state index in [1.165, 1.54) is 29.3 Å². The smallest absolute Gasteiger partial charge is 0.366 e. The molecule has 1 fully saturated rings. The lowest BCUT2D eigenvalue weighted by Crippen LogP contribution is -2.49. The summed E-state index contributed by atoms with van der Waals surface area (Å²) in [4.78, 5) is 28.8. The molecule has 1 N–H and O–H groups in total. The van der Waals surface area contributed by atoms with Crippen LogP contribution in [0.3, 0.4) is 0 Å². The molecule has 0 atom stereocenters. The van der Waals surface area contributed by atoms with Crippen molar-refractivity contribution < 1.29 is 22.8 Å². The predicted octanol–water partition coefficient (Wildman–Crippen LogP) is 3.71. The van der Waals surface area contributed by atoms with Crippen molar-refractivity contribution in [2.24, 2.45) is 0 Å². The molecule has 4 rings (SSSR count). The van der Waals surface area contributed by atoms with Crippen LogP contribution < -0.4 is 10.2 Å². The molecule has 7 nitrogen and oxygen atoms in total. The first kappa shape index (κ1) is 22.3. The summed E-state index contributed by atoms with van der Waals surface area (Å²) >= 11 is 0. The third-order valence-corrected chi connectivity index (χ3v) is 5.32. The van der Waals surface area contributed by atoms with E-state index < -0.39 is 23.6 Å². The fourth-order valence-electron chi connectivity index (χ4n) is 3.69. The number of amides is 2. The van der Waals surface area contributed by atoms with Crippen molar-refractivity contribution in [1.82, 2.24) is 15.1 Å². The Morgan fingerprint density at radius 2 is 1.55 bits per heavy atom. The van der Waals surface area contributed by atoms with Gasteiger partial charge in [0.1, 0.15) is 0 Å². The number of alkyl halides is 3. The summed E-state index contributed by atoms with van der Waals surface area (Å²) < 4.78 is 39.9. The van der Waals surface area contributed by atoms with Crippen molar-refractivity contribution in [2.75, 3.05) is 36.4 Å². The fourth-order valence-corrected chi connectivity index (χ4v) is 3.69. The zero-order chi connectivity index (χ0) is 23.4. The predicted molar refractivity (Wildman–Crippen MR) is 116 cm³/mol. The maximum absolute atomic E-state index is 13.3. The van der Waals surface area contributed by atoms with Gasteiger partial charge in [0.05, 0.1) is 23.0 Å². The van der Waals surface area contributed by atoms with Crippen LogP contribution in [0.1, 0.15) is 26.4 Å². The third kappa shape index (κ3) is 4.94. The summed E-state index contributed by atoms with van der Waals surface area (Å²) in [5.74, 6) is -1.10. The summed E-state index contributed by atoms with van der Waals surface area (Å²) in [6, 6.07) is 15.3. The molecule has 0 radical (unpaired) electrons. The third-order valence-electron chi connectivity index (χ3n) is 5.32. The fraction of sp³-hybridized carbons (Fsp3) is 0.217. The van der Waals surface area contributed by atoms with Gasteiger partial charge in [-0.15, -0.1) is 5.10 Å². The highest BCUT2D eigenvalue weighted by atomic mass is 19.4. The van der Waals surface area contributed by atoms with E-state index in [0.717, 1.165) is 6.07 Å². The molecular weight excluding hydrogens is 435 g/mol. The lowest BCUT2D eigenvalue weighted by Gasteiger charge is -2.36. The summed E-state index contributed by atoms with van der Waals surface area (Å²) in [6.45, 7) is 1.06. The van der Waals surface area contributed by atoms with Gasteiger partial charge in [-0.1, -0.05) is 30.3 Å². The first-order valence-corrected chi connectivity index (χ1v) is 10.2. The number of para-hydroxylation sites is 1. The van der Waals surface area contributed by atoms with Crippen LogP contribution in [-0.4, -0.2) is 53.1 Å². The Labute approximate surface area is 187 Å². The molecule has 0 saturated carbocycles. The summed E-state index contributed by atoms with van der Waals surface area (Å²) in [6.07, 6.45) is -3.15. The van der Waals surface area contributed by atoms with Crippen LogP contribution in [0.5, 0.6) is 0 Å². The number of halogens is 3. The molecule has 0 bridgehead atoms. The first-order chi connectivity index (χ1) is 15.8. The maximum Gasteiger partial charge on any atom is 0.417 e. The van der Waals surface area contributed by atoms with Gasteiger partial charge in [-0.05, 0) is 30.3 Å². The van der Waals surface area contributed by atoms with Gasteiger partial charge in [0, 0.05) is 31.9 Å². The number of nitrogens with zero attached hydrogens (tertiary/aromatic N) is 4. The number of aromatic nitrogens is 2. The number of rotatable bonds is 4. The molecule has 1 aliphatic rings.